The Morgan fingerprint density at radius 2 is 1.20 bits per heavy atom. The van der Waals surface area contributed by atoms with Crippen LogP contribution in [0.1, 0.15) is 84.5 Å². The summed E-state index contributed by atoms with van der Waals surface area (Å²) in [6.45, 7) is 4.22. The van der Waals surface area contributed by atoms with E-state index in [0.29, 0.717) is 0 Å². The van der Waals surface area contributed by atoms with Crippen molar-refractivity contribution in [2.75, 3.05) is 12.8 Å². The van der Waals surface area contributed by atoms with Gasteiger partial charge in [0, 0.05) is 6.16 Å². The summed E-state index contributed by atoms with van der Waals surface area (Å²) in [5.74, 6) is 0. The quantitative estimate of drug-likeness (QED) is 0.279. The van der Waals surface area contributed by atoms with Crippen LogP contribution in [0.25, 0.3) is 0 Å². The fraction of sp³-hybridized carbons (Fsp3) is 1.00. The maximum absolute atomic E-state index is 11.3. The van der Waals surface area contributed by atoms with E-state index in [1.165, 1.54) is 51.4 Å². The minimum atomic E-state index is -3.52. The van der Waals surface area contributed by atoms with Gasteiger partial charge in [0.2, 0.25) is 0 Å². The molecule has 0 aromatic heterocycles. The Hall–Kier alpha value is 1.15. The van der Waals surface area contributed by atoms with Crippen molar-refractivity contribution in [3.05, 3.63) is 0 Å². The van der Waals surface area contributed by atoms with Crippen molar-refractivity contribution in [3.63, 3.8) is 0 Å². The molecule has 116 valence electrons. The minimum Gasteiger partial charge on any atom is -0.778 e. The van der Waals surface area contributed by atoms with Crippen molar-refractivity contribution in [2.45, 2.75) is 84.5 Å². The molecule has 0 spiro atoms. The molecule has 0 fully saturated rings. The molecule has 0 aliphatic carbocycles. The molecule has 0 amide bonds. The molecule has 1 atom stereocenters. The summed E-state index contributed by atoms with van der Waals surface area (Å²) in [4.78, 5) is 11.3. The van der Waals surface area contributed by atoms with E-state index in [4.69, 9.17) is 4.52 Å². The molecule has 0 radical (unpaired) electrons. The molecule has 0 aliphatic heterocycles. The summed E-state index contributed by atoms with van der Waals surface area (Å²) in [7, 11) is -3.52. The van der Waals surface area contributed by atoms with Gasteiger partial charge < -0.3 is 14.0 Å². The van der Waals surface area contributed by atoms with Crippen molar-refractivity contribution in [3.8, 4) is 0 Å². The van der Waals surface area contributed by atoms with Gasteiger partial charge in [-0.3, -0.25) is 0 Å². The summed E-state index contributed by atoms with van der Waals surface area (Å²) in [6.07, 6.45) is 13.8. The second-order valence-corrected chi connectivity index (χ2v) is 7.22. The van der Waals surface area contributed by atoms with Crippen LogP contribution in [0.4, 0.5) is 0 Å². The van der Waals surface area contributed by atoms with E-state index in [2.05, 4.69) is 6.92 Å². The summed E-state index contributed by atoms with van der Waals surface area (Å²) >= 11 is 0. The number of rotatable bonds is 14. The van der Waals surface area contributed by atoms with Gasteiger partial charge in [-0.05, 0) is 13.3 Å². The first-order valence-corrected chi connectivity index (χ1v) is 9.79. The topological polar surface area (TPSA) is 49.4 Å². The first-order valence-electron chi connectivity index (χ1n) is 8.07. The Morgan fingerprint density at radius 3 is 1.60 bits per heavy atom. The van der Waals surface area contributed by atoms with Crippen molar-refractivity contribution in [2.24, 2.45) is 0 Å². The van der Waals surface area contributed by atoms with Crippen LogP contribution in [0.2, 0.25) is 0 Å². The molecule has 0 aliphatic rings. The molecule has 3 nitrogen and oxygen atoms in total. The van der Waals surface area contributed by atoms with Crippen LogP contribution in [-0.2, 0) is 9.09 Å². The second kappa shape index (κ2) is 16.5. The molecule has 0 rings (SSSR count). The van der Waals surface area contributed by atoms with Gasteiger partial charge in [0.25, 0.3) is 0 Å². The second-order valence-electron chi connectivity index (χ2n) is 5.29. The van der Waals surface area contributed by atoms with Crippen LogP contribution in [-0.4, -0.2) is 12.8 Å². The SMILES string of the molecule is CCCCCCCCCCCCCP(=O)([O-])OCC.[Na+]. The first-order chi connectivity index (χ1) is 9.12. The molecule has 0 heterocycles. The zero-order chi connectivity index (χ0) is 14.4. The van der Waals surface area contributed by atoms with Crippen LogP contribution in [0.5, 0.6) is 0 Å². The molecule has 20 heavy (non-hydrogen) atoms. The predicted octanol–water partition coefficient (Wildman–Crippen LogP) is 1.89. The third-order valence-electron chi connectivity index (χ3n) is 3.36. The smallest absolute Gasteiger partial charge is 0.778 e. The van der Waals surface area contributed by atoms with Crippen molar-refractivity contribution >= 4 is 7.60 Å². The summed E-state index contributed by atoms with van der Waals surface area (Å²) in [5.41, 5.74) is 0. The Labute approximate surface area is 148 Å². The van der Waals surface area contributed by atoms with Crippen LogP contribution in [0, 0.1) is 0 Å². The number of hydrogen-bond donors (Lipinski definition) is 0. The summed E-state index contributed by atoms with van der Waals surface area (Å²) in [6, 6.07) is 0. The maximum Gasteiger partial charge on any atom is 1.00 e. The predicted molar refractivity (Wildman–Crippen MR) is 80.6 cm³/mol. The van der Waals surface area contributed by atoms with E-state index < -0.39 is 7.60 Å². The summed E-state index contributed by atoms with van der Waals surface area (Å²) < 4.78 is 16.0. The average Bonchev–Trinajstić information content (AvgIpc) is 2.36. The van der Waals surface area contributed by atoms with Gasteiger partial charge in [-0.25, -0.2) is 0 Å². The Bertz CT molecular complexity index is 237. The molecule has 0 aromatic carbocycles. The molecule has 1 unspecified atom stereocenters. The van der Waals surface area contributed by atoms with Crippen LogP contribution >= 0.6 is 7.60 Å². The van der Waals surface area contributed by atoms with Crippen molar-refractivity contribution < 1.29 is 43.5 Å². The first kappa shape index (κ1) is 23.4. The molecule has 0 saturated carbocycles. The van der Waals surface area contributed by atoms with E-state index >= 15 is 0 Å². The van der Waals surface area contributed by atoms with Gasteiger partial charge in [-0.15, -0.1) is 0 Å². The fourth-order valence-electron chi connectivity index (χ4n) is 2.23. The largest absolute Gasteiger partial charge is 1.00 e. The molecule has 0 bridgehead atoms. The molecular formula is C15H32NaO3P. The van der Waals surface area contributed by atoms with Gasteiger partial charge in [0.1, 0.15) is 7.60 Å². The number of unbranched alkanes of at least 4 members (excludes halogenated alkanes) is 10. The van der Waals surface area contributed by atoms with Crippen LogP contribution < -0.4 is 34.5 Å². The zero-order valence-corrected chi connectivity index (χ0v) is 16.8. The Morgan fingerprint density at radius 1 is 0.800 bits per heavy atom. The zero-order valence-electron chi connectivity index (χ0n) is 13.9. The monoisotopic (exact) mass is 314 g/mol. The molecule has 0 N–H and O–H groups in total. The minimum absolute atomic E-state index is 0. The Balaban J connectivity index is 0. The fourth-order valence-corrected chi connectivity index (χ4v) is 3.36. The van der Waals surface area contributed by atoms with Gasteiger partial charge in [-0.2, -0.15) is 0 Å². The van der Waals surface area contributed by atoms with Gasteiger partial charge in [0.15, 0.2) is 0 Å². The number of hydrogen-bond acceptors (Lipinski definition) is 3. The van der Waals surface area contributed by atoms with Crippen molar-refractivity contribution in [1.82, 2.24) is 0 Å². The van der Waals surface area contributed by atoms with E-state index in [1.54, 1.807) is 6.92 Å². The van der Waals surface area contributed by atoms with E-state index in [1.807, 2.05) is 0 Å². The van der Waals surface area contributed by atoms with E-state index in [0.717, 1.165) is 19.3 Å². The van der Waals surface area contributed by atoms with Gasteiger partial charge in [0.05, 0.1) is 6.61 Å². The standard InChI is InChI=1S/C15H33O3P.Na/c1-3-5-6-7-8-9-10-11-12-13-14-15-19(16,17)18-4-2;/h3-15H2,1-2H3,(H,16,17);/q;+1/p-1. The van der Waals surface area contributed by atoms with E-state index in [-0.39, 0.29) is 42.3 Å². The van der Waals surface area contributed by atoms with Gasteiger partial charge in [-0.1, -0.05) is 71.1 Å². The average molecular weight is 314 g/mol. The Kier molecular flexibility index (Phi) is 19.3. The maximum atomic E-state index is 11.3. The van der Waals surface area contributed by atoms with Crippen molar-refractivity contribution in [1.29, 1.82) is 0 Å². The third-order valence-corrected chi connectivity index (χ3v) is 4.88. The molecule has 5 heteroatoms. The molecular weight excluding hydrogens is 282 g/mol. The summed E-state index contributed by atoms with van der Waals surface area (Å²) in [5, 5.41) is 0. The van der Waals surface area contributed by atoms with Crippen LogP contribution in [0.15, 0.2) is 0 Å². The van der Waals surface area contributed by atoms with Crippen LogP contribution in [0.3, 0.4) is 0 Å². The molecule has 0 saturated heterocycles. The van der Waals surface area contributed by atoms with E-state index in [9.17, 15) is 9.46 Å². The molecule has 0 aromatic rings. The van der Waals surface area contributed by atoms with Gasteiger partial charge >= 0.3 is 29.6 Å². The normalized spacial score (nSPS) is 13.8. The third kappa shape index (κ3) is 17.2.